The molecule has 1 aromatic rings. The second-order valence-electron chi connectivity index (χ2n) is 4.73. The van der Waals surface area contributed by atoms with Gasteiger partial charge in [0.15, 0.2) is 0 Å². The van der Waals surface area contributed by atoms with E-state index < -0.39 is 12.0 Å². The third-order valence-electron chi connectivity index (χ3n) is 3.39. The van der Waals surface area contributed by atoms with E-state index in [4.69, 9.17) is 5.11 Å². The van der Waals surface area contributed by atoms with Gasteiger partial charge in [0.05, 0.1) is 0 Å². The van der Waals surface area contributed by atoms with Crippen LogP contribution in [-0.4, -0.2) is 47.6 Å². The largest absolute Gasteiger partial charge is 0.480 e. The van der Waals surface area contributed by atoms with Gasteiger partial charge < -0.3 is 14.9 Å². The van der Waals surface area contributed by atoms with Crippen molar-refractivity contribution in [2.24, 2.45) is 0 Å². The Morgan fingerprint density at radius 1 is 1.45 bits per heavy atom. The van der Waals surface area contributed by atoms with Crippen LogP contribution in [0.4, 0.5) is 5.69 Å². The molecular weight excluding hydrogens is 256 g/mol. The minimum atomic E-state index is -0.941. The van der Waals surface area contributed by atoms with Crippen LogP contribution in [0, 0.1) is 0 Å². The van der Waals surface area contributed by atoms with Crippen molar-refractivity contribution in [3.63, 3.8) is 0 Å². The predicted octanol–water partition coefficient (Wildman–Crippen LogP) is 1.36. The van der Waals surface area contributed by atoms with E-state index in [9.17, 15) is 9.59 Å². The summed E-state index contributed by atoms with van der Waals surface area (Å²) >= 11 is 0. The molecule has 1 amide bonds. The standard InChI is InChI=1S/C15H18N2O3/c1-2-9-16-10-8-13(15(16)20)17(11-14(18)19)12-6-4-3-5-7-12/h2-7,13H,1,8-11H2,(H,18,19). The monoisotopic (exact) mass is 274 g/mol. The summed E-state index contributed by atoms with van der Waals surface area (Å²) in [5.74, 6) is -0.973. The lowest BCUT2D eigenvalue weighted by molar-refractivity contribution is -0.135. The van der Waals surface area contributed by atoms with Crippen LogP contribution in [0.1, 0.15) is 6.42 Å². The molecule has 20 heavy (non-hydrogen) atoms. The molecule has 1 aliphatic heterocycles. The van der Waals surface area contributed by atoms with E-state index in [1.807, 2.05) is 30.3 Å². The van der Waals surface area contributed by atoms with Crippen molar-refractivity contribution in [3.8, 4) is 0 Å². The summed E-state index contributed by atoms with van der Waals surface area (Å²) in [5, 5.41) is 9.08. The first-order valence-corrected chi connectivity index (χ1v) is 6.56. The first-order valence-electron chi connectivity index (χ1n) is 6.56. The third-order valence-corrected chi connectivity index (χ3v) is 3.39. The SMILES string of the molecule is C=CCN1CCC(N(CC(=O)O)c2ccccc2)C1=O. The van der Waals surface area contributed by atoms with Crippen molar-refractivity contribution in [1.29, 1.82) is 0 Å². The highest BCUT2D eigenvalue weighted by Gasteiger charge is 2.36. The number of hydrogen-bond donors (Lipinski definition) is 1. The zero-order valence-electron chi connectivity index (χ0n) is 11.2. The Bertz CT molecular complexity index is 501. The molecule has 1 fully saturated rings. The van der Waals surface area contributed by atoms with Gasteiger partial charge in [0.2, 0.25) is 5.91 Å². The molecule has 0 aromatic heterocycles. The second kappa shape index (κ2) is 6.23. The molecule has 0 radical (unpaired) electrons. The van der Waals surface area contributed by atoms with E-state index >= 15 is 0 Å². The van der Waals surface area contributed by atoms with Gasteiger partial charge in [-0.05, 0) is 18.6 Å². The second-order valence-corrected chi connectivity index (χ2v) is 4.73. The van der Waals surface area contributed by atoms with Gasteiger partial charge in [-0.15, -0.1) is 6.58 Å². The maximum Gasteiger partial charge on any atom is 0.323 e. The Labute approximate surface area is 118 Å². The highest BCUT2D eigenvalue weighted by atomic mass is 16.4. The van der Waals surface area contributed by atoms with Gasteiger partial charge in [0, 0.05) is 18.8 Å². The van der Waals surface area contributed by atoms with Crippen molar-refractivity contribution in [2.45, 2.75) is 12.5 Å². The number of carboxylic acid groups (broad SMARTS) is 1. The van der Waals surface area contributed by atoms with Gasteiger partial charge >= 0.3 is 5.97 Å². The summed E-state index contributed by atoms with van der Waals surface area (Å²) in [7, 11) is 0. The van der Waals surface area contributed by atoms with Gasteiger partial charge in [0.25, 0.3) is 0 Å². The first kappa shape index (κ1) is 14.1. The zero-order chi connectivity index (χ0) is 14.5. The average molecular weight is 274 g/mol. The van der Waals surface area contributed by atoms with Crippen molar-refractivity contribution < 1.29 is 14.7 Å². The number of nitrogens with zero attached hydrogens (tertiary/aromatic N) is 2. The van der Waals surface area contributed by atoms with Crippen molar-refractivity contribution in [2.75, 3.05) is 24.5 Å². The number of anilines is 1. The molecule has 5 heteroatoms. The number of carboxylic acids is 1. The van der Waals surface area contributed by atoms with Crippen LogP contribution in [0.25, 0.3) is 0 Å². The lowest BCUT2D eigenvalue weighted by atomic mass is 10.1. The van der Waals surface area contributed by atoms with Crippen LogP contribution >= 0.6 is 0 Å². The molecule has 1 atom stereocenters. The van der Waals surface area contributed by atoms with Gasteiger partial charge in [-0.3, -0.25) is 9.59 Å². The minimum Gasteiger partial charge on any atom is -0.480 e. The predicted molar refractivity (Wildman–Crippen MR) is 76.6 cm³/mol. The van der Waals surface area contributed by atoms with Crippen LogP contribution in [0.3, 0.4) is 0 Å². The number of carbonyl (C=O) groups is 2. The number of para-hydroxylation sites is 1. The summed E-state index contributed by atoms with van der Waals surface area (Å²) in [6.45, 7) is 4.60. The lowest BCUT2D eigenvalue weighted by Gasteiger charge is -2.28. The first-order chi connectivity index (χ1) is 9.63. The molecule has 1 aliphatic rings. The molecule has 0 spiro atoms. The van der Waals surface area contributed by atoms with Crippen molar-refractivity contribution >= 4 is 17.6 Å². The molecule has 1 N–H and O–H groups in total. The third kappa shape index (κ3) is 2.99. The molecule has 1 aromatic carbocycles. The van der Waals surface area contributed by atoms with Gasteiger partial charge in [-0.2, -0.15) is 0 Å². The molecule has 5 nitrogen and oxygen atoms in total. The van der Waals surface area contributed by atoms with Crippen LogP contribution in [-0.2, 0) is 9.59 Å². The molecule has 1 saturated heterocycles. The molecule has 1 heterocycles. The van der Waals surface area contributed by atoms with E-state index in [0.717, 1.165) is 5.69 Å². The Morgan fingerprint density at radius 3 is 2.75 bits per heavy atom. The van der Waals surface area contributed by atoms with E-state index in [-0.39, 0.29) is 12.5 Å². The number of aliphatic carboxylic acids is 1. The van der Waals surface area contributed by atoms with Crippen molar-refractivity contribution in [3.05, 3.63) is 43.0 Å². The van der Waals surface area contributed by atoms with Crippen LogP contribution in [0.15, 0.2) is 43.0 Å². The fraction of sp³-hybridized carbons (Fsp3) is 0.333. The average Bonchev–Trinajstić information content (AvgIpc) is 2.79. The highest BCUT2D eigenvalue weighted by molar-refractivity contribution is 5.89. The maximum atomic E-state index is 12.3. The molecule has 1 unspecified atom stereocenters. The fourth-order valence-electron chi connectivity index (χ4n) is 2.50. The fourth-order valence-corrected chi connectivity index (χ4v) is 2.50. The van der Waals surface area contributed by atoms with Gasteiger partial charge in [0.1, 0.15) is 12.6 Å². The summed E-state index contributed by atoms with van der Waals surface area (Å²) in [5.41, 5.74) is 0.758. The number of likely N-dealkylation sites (tertiary alicyclic amines) is 1. The lowest BCUT2D eigenvalue weighted by Crippen LogP contribution is -2.44. The molecule has 0 aliphatic carbocycles. The van der Waals surface area contributed by atoms with E-state index in [2.05, 4.69) is 6.58 Å². The molecule has 0 saturated carbocycles. The van der Waals surface area contributed by atoms with E-state index in [1.165, 1.54) is 0 Å². The van der Waals surface area contributed by atoms with Crippen LogP contribution in [0.2, 0.25) is 0 Å². The zero-order valence-corrected chi connectivity index (χ0v) is 11.2. The minimum absolute atomic E-state index is 0.0324. The number of benzene rings is 1. The van der Waals surface area contributed by atoms with Crippen LogP contribution < -0.4 is 4.90 Å². The van der Waals surface area contributed by atoms with Gasteiger partial charge in [-0.1, -0.05) is 24.3 Å². The summed E-state index contributed by atoms with van der Waals surface area (Å²) in [6, 6.07) is 8.78. The molecule has 106 valence electrons. The van der Waals surface area contributed by atoms with Crippen molar-refractivity contribution in [1.82, 2.24) is 4.90 Å². The number of amides is 1. The smallest absolute Gasteiger partial charge is 0.323 e. The highest BCUT2D eigenvalue weighted by Crippen LogP contribution is 2.23. The summed E-state index contributed by atoms with van der Waals surface area (Å²) < 4.78 is 0. The Kier molecular flexibility index (Phi) is 4.40. The topological polar surface area (TPSA) is 60.9 Å². The Morgan fingerprint density at radius 2 is 2.15 bits per heavy atom. The number of rotatable bonds is 6. The normalized spacial score (nSPS) is 18.1. The van der Waals surface area contributed by atoms with Crippen LogP contribution in [0.5, 0.6) is 0 Å². The van der Waals surface area contributed by atoms with Gasteiger partial charge in [-0.25, -0.2) is 0 Å². The molecule has 0 bridgehead atoms. The molecule has 2 rings (SSSR count). The maximum absolute atomic E-state index is 12.3. The quantitative estimate of drug-likeness (QED) is 0.796. The number of carbonyl (C=O) groups excluding carboxylic acids is 1. The Balaban J connectivity index is 2.22. The summed E-state index contributed by atoms with van der Waals surface area (Å²) in [4.78, 5) is 26.8. The summed E-state index contributed by atoms with van der Waals surface area (Å²) in [6.07, 6.45) is 2.32. The Hall–Kier alpha value is -2.30. The van der Waals surface area contributed by atoms with E-state index in [0.29, 0.717) is 19.5 Å². The number of hydrogen-bond acceptors (Lipinski definition) is 3. The van der Waals surface area contributed by atoms with E-state index in [1.54, 1.807) is 15.9 Å². The molecular formula is C15H18N2O3.